The third-order valence-electron chi connectivity index (χ3n) is 4.60. The lowest BCUT2D eigenvalue weighted by Gasteiger charge is -2.43. The first-order valence-corrected chi connectivity index (χ1v) is 9.49. The van der Waals surface area contributed by atoms with E-state index in [0.29, 0.717) is 6.42 Å². The van der Waals surface area contributed by atoms with Crippen molar-refractivity contribution < 1.29 is 23.2 Å². The van der Waals surface area contributed by atoms with Gasteiger partial charge in [0.1, 0.15) is 0 Å². The molecule has 1 aromatic carbocycles. The van der Waals surface area contributed by atoms with Crippen LogP contribution >= 0.6 is 11.6 Å². The number of nitrogens with one attached hydrogen (secondary N) is 1. The maximum absolute atomic E-state index is 13.0. The lowest BCUT2D eigenvalue weighted by Crippen LogP contribution is -2.67. The first-order valence-electron chi connectivity index (χ1n) is 7.51. The summed E-state index contributed by atoms with van der Waals surface area (Å²) >= 11 is 6.18. The maximum atomic E-state index is 13.0. The second kappa shape index (κ2) is 6.02. The van der Waals surface area contributed by atoms with Crippen LogP contribution in [0.4, 0.5) is 4.79 Å². The molecule has 1 aliphatic carbocycles. The zero-order chi connectivity index (χ0) is 17.6. The van der Waals surface area contributed by atoms with E-state index in [4.69, 9.17) is 11.6 Å². The molecule has 2 N–H and O–H groups in total. The third-order valence-corrected chi connectivity index (χ3v) is 7.32. The van der Waals surface area contributed by atoms with Gasteiger partial charge in [-0.05, 0) is 37.5 Å². The van der Waals surface area contributed by atoms with Gasteiger partial charge in [-0.1, -0.05) is 12.1 Å². The average Bonchev–Trinajstić information content (AvgIpc) is 2.52. The number of halogens is 1. The minimum Gasteiger partial charge on any atom is -0.331 e. The molecule has 4 atom stereocenters. The predicted octanol–water partition coefficient (Wildman–Crippen LogP) is 1.46. The standard InChI is InChI=1S/C15H17ClN2O5S/c1-8-3-2-4-9(7-8)24(22,23)11-6-5-10(16)12-13(11)17-15(20)18(21)14(12)19/h2-4,7,10-13,21H,5-6H2,1H3,(H,17,20). The Morgan fingerprint density at radius 1 is 1.29 bits per heavy atom. The summed E-state index contributed by atoms with van der Waals surface area (Å²) in [5, 5.41) is 10.3. The summed E-state index contributed by atoms with van der Waals surface area (Å²) < 4.78 is 26.0. The summed E-state index contributed by atoms with van der Waals surface area (Å²) in [6, 6.07) is 4.49. The molecule has 1 saturated carbocycles. The second-order valence-corrected chi connectivity index (χ2v) is 8.87. The Bertz CT molecular complexity index is 797. The van der Waals surface area contributed by atoms with E-state index in [0.717, 1.165) is 5.56 Å². The number of carbonyl (C=O) groups excluding carboxylic acids is 2. The predicted molar refractivity (Wildman–Crippen MR) is 85.5 cm³/mol. The van der Waals surface area contributed by atoms with Crippen LogP contribution in [0, 0.1) is 12.8 Å². The van der Waals surface area contributed by atoms with E-state index < -0.39 is 44.4 Å². The average molecular weight is 373 g/mol. The van der Waals surface area contributed by atoms with Gasteiger partial charge in [0.05, 0.1) is 22.1 Å². The van der Waals surface area contributed by atoms with Crippen LogP contribution in [0.5, 0.6) is 0 Å². The zero-order valence-corrected chi connectivity index (χ0v) is 14.4. The van der Waals surface area contributed by atoms with Crippen molar-refractivity contribution in [2.75, 3.05) is 0 Å². The number of hydroxylamine groups is 2. The number of nitrogens with zero attached hydrogens (tertiary/aromatic N) is 1. The highest BCUT2D eigenvalue weighted by molar-refractivity contribution is 7.92. The van der Waals surface area contributed by atoms with Crippen molar-refractivity contribution in [3.8, 4) is 0 Å². The van der Waals surface area contributed by atoms with Crippen LogP contribution in [0.2, 0.25) is 0 Å². The van der Waals surface area contributed by atoms with Gasteiger partial charge in [-0.3, -0.25) is 10.0 Å². The molecule has 2 fully saturated rings. The molecular formula is C15H17ClN2O5S. The summed E-state index contributed by atoms with van der Waals surface area (Å²) in [6.07, 6.45) is 0.526. The number of hydrogen-bond acceptors (Lipinski definition) is 5. The van der Waals surface area contributed by atoms with Gasteiger partial charge >= 0.3 is 6.03 Å². The van der Waals surface area contributed by atoms with Crippen molar-refractivity contribution in [3.05, 3.63) is 29.8 Å². The van der Waals surface area contributed by atoms with E-state index in [1.165, 1.54) is 6.07 Å². The molecular weight excluding hydrogens is 356 g/mol. The monoisotopic (exact) mass is 372 g/mol. The minimum atomic E-state index is -3.77. The number of sulfone groups is 1. The fourth-order valence-corrected chi connectivity index (χ4v) is 5.82. The Hall–Kier alpha value is -1.64. The number of carbonyl (C=O) groups is 2. The van der Waals surface area contributed by atoms with Gasteiger partial charge < -0.3 is 5.32 Å². The topological polar surface area (TPSA) is 104 Å². The molecule has 0 bridgehead atoms. The van der Waals surface area contributed by atoms with Gasteiger partial charge in [-0.15, -0.1) is 16.7 Å². The molecule has 1 heterocycles. The van der Waals surface area contributed by atoms with Crippen LogP contribution in [-0.4, -0.2) is 47.3 Å². The molecule has 0 aromatic heterocycles. The van der Waals surface area contributed by atoms with Crippen LogP contribution in [0.15, 0.2) is 29.2 Å². The molecule has 0 radical (unpaired) electrons. The van der Waals surface area contributed by atoms with Crippen LogP contribution in [0.1, 0.15) is 18.4 Å². The van der Waals surface area contributed by atoms with E-state index in [2.05, 4.69) is 5.32 Å². The highest BCUT2D eigenvalue weighted by atomic mass is 35.5. The lowest BCUT2D eigenvalue weighted by molar-refractivity contribution is -0.163. The smallest absolute Gasteiger partial charge is 0.331 e. The van der Waals surface area contributed by atoms with Crippen molar-refractivity contribution >= 4 is 33.4 Å². The normalized spacial score (nSPS) is 30.7. The summed E-state index contributed by atoms with van der Waals surface area (Å²) in [5.41, 5.74) is 0.795. The number of hydrogen-bond donors (Lipinski definition) is 2. The Balaban J connectivity index is 2.02. The molecule has 3 rings (SSSR count). The number of alkyl halides is 1. The van der Waals surface area contributed by atoms with Gasteiger partial charge in [0.2, 0.25) is 0 Å². The number of fused-ring (bicyclic) bond motifs is 1. The van der Waals surface area contributed by atoms with Crippen molar-refractivity contribution in [2.45, 2.75) is 41.3 Å². The minimum absolute atomic E-state index is 0.0296. The van der Waals surface area contributed by atoms with Crippen molar-refractivity contribution in [1.29, 1.82) is 0 Å². The molecule has 24 heavy (non-hydrogen) atoms. The number of amides is 3. The second-order valence-electron chi connectivity index (χ2n) is 6.14. The van der Waals surface area contributed by atoms with E-state index in [9.17, 15) is 23.2 Å². The van der Waals surface area contributed by atoms with Crippen molar-refractivity contribution in [1.82, 2.24) is 10.4 Å². The zero-order valence-electron chi connectivity index (χ0n) is 12.8. The maximum Gasteiger partial charge on any atom is 0.348 e. The highest BCUT2D eigenvalue weighted by Crippen LogP contribution is 2.38. The van der Waals surface area contributed by atoms with Crippen molar-refractivity contribution in [2.24, 2.45) is 5.92 Å². The van der Waals surface area contributed by atoms with E-state index in [-0.39, 0.29) is 16.4 Å². The molecule has 7 nitrogen and oxygen atoms in total. The number of rotatable bonds is 2. The molecule has 2 aliphatic rings. The molecule has 4 unspecified atom stereocenters. The molecule has 1 saturated heterocycles. The Morgan fingerprint density at radius 2 is 2.00 bits per heavy atom. The fourth-order valence-electron chi connectivity index (χ4n) is 3.39. The van der Waals surface area contributed by atoms with E-state index >= 15 is 0 Å². The largest absolute Gasteiger partial charge is 0.348 e. The highest BCUT2D eigenvalue weighted by Gasteiger charge is 2.53. The van der Waals surface area contributed by atoms with Gasteiger partial charge in [0.15, 0.2) is 9.84 Å². The summed E-state index contributed by atoms with van der Waals surface area (Å²) in [6.45, 7) is 1.78. The summed E-state index contributed by atoms with van der Waals surface area (Å²) in [5.74, 6) is -1.85. The van der Waals surface area contributed by atoms with E-state index in [1.54, 1.807) is 25.1 Å². The van der Waals surface area contributed by atoms with Gasteiger partial charge in [0.25, 0.3) is 5.91 Å². The number of benzene rings is 1. The van der Waals surface area contributed by atoms with Crippen LogP contribution in [0.25, 0.3) is 0 Å². The third kappa shape index (κ3) is 2.68. The molecule has 1 aliphatic heterocycles. The Kier molecular flexibility index (Phi) is 4.31. The number of urea groups is 1. The number of imide groups is 1. The van der Waals surface area contributed by atoms with Crippen LogP contribution in [-0.2, 0) is 14.6 Å². The molecule has 130 valence electrons. The molecule has 1 aromatic rings. The molecule has 3 amide bonds. The Labute approximate surface area is 144 Å². The summed E-state index contributed by atoms with van der Waals surface area (Å²) in [7, 11) is -3.77. The molecule has 0 spiro atoms. The molecule has 9 heteroatoms. The van der Waals surface area contributed by atoms with Gasteiger partial charge in [-0.2, -0.15) is 0 Å². The van der Waals surface area contributed by atoms with Crippen LogP contribution < -0.4 is 5.32 Å². The number of aryl methyl sites for hydroxylation is 1. The SMILES string of the molecule is Cc1cccc(S(=O)(=O)C2CCC(Cl)C3C(=O)N(O)C(=O)NC32)c1. The van der Waals surface area contributed by atoms with Gasteiger partial charge in [-0.25, -0.2) is 13.2 Å². The lowest BCUT2D eigenvalue weighted by atomic mass is 9.82. The van der Waals surface area contributed by atoms with Gasteiger partial charge in [0, 0.05) is 5.38 Å². The first kappa shape index (κ1) is 17.2. The van der Waals surface area contributed by atoms with Crippen molar-refractivity contribution in [3.63, 3.8) is 0 Å². The Morgan fingerprint density at radius 3 is 2.67 bits per heavy atom. The fraction of sp³-hybridized carbons (Fsp3) is 0.467. The van der Waals surface area contributed by atoms with E-state index in [1.807, 2.05) is 0 Å². The quantitative estimate of drug-likeness (QED) is 0.604. The first-order chi connectivity index (χ1) is 11.2. The summed E-state index contributed by atoms with van der Waals surface area (Å²) in [4.78, 5) is 24.1. The van der Waals surface area contributed by atoms with Crippen LogP contribution in [0.3, 0.4) is 0 Å².